The zero-order valence-electron chi connectivity index (χ0n) is 9.24. The summed E-state index contributed by atoms with van der Waals surface area (Å²) in [6.45, 7) is 4.48. The minimum atomic E-state index is 0.668. The van der Waals surface area contributed by atoms with Crippen LogP contribution in [0.15, 0.2) is 18.7 Å². The molecule has 0 aliphatic heterocycles. The summed E-state index contributed by atoms with van der Waals surface area (Å²) in [5, 5.41) is 0. The van der Waals surface area contributed by atoms with Crippen molar-refractivity contribution in [2.45, 2.75) is 51.9 Å². The first-order chi connectivity index (χ1) is 6.88. The number of rotatable bonds is 6. The van der Waals surface area contributed by atoms with Gasteiger partial charge in [0, 0.05) is 12.4 Å². The Balaban J connectivity index is 2.58. The van der Waals surface area contributed by atoms with Crippen LogP contribution in [0.1, 0.15) is 57.4 Å². The maximum atomic E-state index is 4.08. The Morgan fingerprint density at radius 2 is 1.79 bits per heavy atom. The Hall–Kier alpha value is -0.920. The second kappa shape index (κ2) is 6.52. The molecule has 0 saturated carbocycles. The summed E-state index contributed by atoms with van der Waals surface area (Å²) in [6, 6.07) is 0. The van der Waals surface area contributed by atoms with Crippen molar-refractivity contribution in [3.05, 3.63) is 24.3 Å². The molecule has 0 radical (unpaired) electrons. The molecular weight excluding hydrogens is 172 g/mol. The van der Waals surface area contributed by atoms with E-state index in [1.165, 1.54) is 37.7 Å². The summed E-state index contributed by atoms with van der Waals surface area (Å²) < 4.78 is 0. The van der Waals surface area contributed by atoms with Gasteiger partial charge in [0.15, 0.2) is 0 Å². The summed E-state index contributed by atoms with van der Waals surface area (Å²) in [7, 11) is 0. The zero-order valence-corrected chi connectivity index (χ0v) is 9.24. The van der Waals surface area contributed by atoms with Gasteiger partial charge in [0.05, 0.1) is 0 Å². The lowest BCUT2D eigenvalue weighted by Crippen LogP contribution is -1.99. The van der Waals surface area contributed by atoms with Crippen molar-refractivity contribution in [1.82, 2.24) is 9.97 Å². The predicted octanol–water partition coefficient (Wildman–Crippen LogP) is 3.55. The first-order valence-corrected chi connectivity index (χ1v) is 5.63. The molecule has 0 bridgehead atoms. The van der Waals surface area contributed by atoms with Gasteiger partial charge in [-0.15, -0.1) is 0 Å². The molecule has 1 aromatic rings. The second-order valence-electron chi connectivity index (χ2n) is 3.80. The van der Waals surface area contributed by atoms with Gasteiger partial charge in [-0.3, -0.25) is 0 Å². The fraction of sp³-hybridized carbons (Fsp3) is 0.667. The van der Waals surface area contributed by atoms with Crippen molar-refractivity contribution < 1.29 is 0 Å². The summed E-state index contributed by atoms with van der Waals surface area (Å²) in [6.07, 6.45) is 11.9. The fourth-order valence-corrected chi connectivity index (χ4v) is 1.80. The van der Waals surface area contributed by atoms with Gasteiger partial charge < -0.3 is 0 Å². The van der Waals surface area contributed by atoms with Crippen LogP contribution >= 0.6 is 0 Å². The summed E-state index contributed by atoms with van der Waals surface area (Å²) in [5.74, 6) is 0.668. The molecule has 2 nitrogen and oxygen atoms in total. The summed E-state index contributed by atoms with van der Waals surface area (Å²) in [4.78, 5) is 8.17. The molecule has 0 fully saturated rings. The Morgan fingerprint density at radius 1 is 1.07 bits per heavy atom. The van der Waals surface area contributed by atoms with E-state index in [9.17, 15) is 0 Å². The predicted molar refractivity (Wildman–Crippen MR) is 59.2 cm³/mol. The van der Waals surface area contributed by atoms with Crippen molar-refractivity contribution in [2.24, 2.45) is 0 Å². The van der Waals surface area contributed by atoms with Gasteiger partial charge in [0.25, 0.3) is 0 Å². The molecule has 2 heteroatoms. The summed E-state index contributed by atoms with van der Waals surface area (Å²) >= 11 is 0. The first-order valence-electron chi connectivity index (χ1n) is 5.63. The van der Waals surface area contributed by atoms with Crippen LogP contribution in [0.25, 0.3) is 0 Å². The molecule has 0 amide bonds. The van der Waals surface area contributed by atoms with Crippen molar-refractivity contribution >= 4 is 0 Å². The number of hydrogen-bond donors (Lipinski definition) is 0. The van der Waals surface area contributed by atoms with Crippen molar-refractivity contribution in [2.75, 3.05) is 0 Å². The molecule has 14 heavy (non-hydrogen) atoms. The highest BCUT2D eigenvalue weighted by Crippen LogP contribution is 2.25. The minimum Gasteiger partial charge on any atom is -0.245 e. The van der Waals surface area contributed by atoms with Gasteiger partial charge in [-0.2, -0.15) is 0 Å². The lowest BCUT2D eigenvalue weighted by Gasteiger charge is -2.14. The molecule has 0 aliphatic carbocycles. The van der Waals surface area contributed by atoms with E-state index in [0.717, 1.165) is 0 Å². The van der Waals surface area contributed by atoms with Crippen LogP contribution in [-0.2, 0) is 0 Å². The largest absolute Gasteiger partial charge is 0.245 e. The highest BCUT2D eigenvalue weighted by Gasteiger charge is 2.09. The van der Waals surface area contributed by atoms with E-state index in [2.05, 4.69) is 23.8 Å². The van der Waals surface area contributed by atoms with Crippen molar-refractivity contribution in [3.63, 3.8) is 0 Å². The Bertz CT molecular complexity index is 233. The standard InChI is InChI=1S/C12H20N2/c1-3-5-7-11(6-4-2)12-8-13-10-14-9-12/h8-11H,3-7H2,1-2H3. The van der Waals surface area contributed by atoms with E-state index in [-0.39, 0.29) is 0 Å². The van der Waals surface area contributed by atoms with Gasteiger partial charge in [0.1, 0.15) is 6.33 Å². The fourth-order valence-electron chi connectivity index (χ4n) is 1.80. The van der Waals surface area contributed by atoms with Crippen LogP contribution in [-0.4, -0.2) is 9.97 Å². The molecule has 1 unspecified atom stereocenters. The quantitative estimate of drug-likeness (QED) is 0.688. The Kier molecular flexibility index (Phi) is 5.20. The monoisotopic (exact) mass is 192 g/mol. The van der Waals surface area contributed by atoms with E-state index in [1.807, 2.05) is 12.4 Å². The molecular formula is C12H20N2. The molecule has 1 rings (SSSR count). The Morgan fingerprint density at radius 3 is 2.36 bits per heavy atom. The lowest BCUT2D eigenvalue weighted by atomic mass is 9.92. The van der Waals surface area contributed by atoms with Crippen LogP contribution in [0.3, 0.4) is 0 Å². The van der Waals surface area contributed by atoms with E-state index in [1.54, 1.807) is 6.33 Å². The molecule has 0 N–H and O–H groups in total. The highest BCUT2D eigenvalue weighted by atomic mass is 14.8. The highest BCUT2D eigenvalue weighted by molar-refractivity contribution is 5.09. The van der Waals surface area contributed by atoms with Crippen LogP contribution in [0.5, 0.6) is 0 Å². The smallest absolute Gasteiger partial charge is 0.115 e. The van der Waals surface area contributed by atoms with E-state index in [4.69, 9.17) is 0 Å². The molecule has 0 saturated heterocycles. The molecule has 0 aliphatic rings. The SMILES string of the molecule is CCCCC(CCC)c1cncnc1. The normalized spacial score (nSPS) is 12.7. The van der Waals surface area contributed by atoms with Gasteiger partial charge in [-0.05, 0) is 24.3 Å². The van der Waals surface area contributed by atoms with Gasteiger partial charge in [-0.1, -0.05) is 33.1 Å². The molecule has 1 atom stereocenters. The minimum absolute atomic E-state index is 0.668. The Labute approximate surface area is 86.8 Å². The van der Waals surface area contributed by atoms with Crippen molar-refractivity contribution in [1.29, 1.82) is 0 Å². The molecule has 0 aromatic carbocycles. The third kappa shape index (κ3) is 3.44. The van der Waals surface area contributed by atoms with Gasteiger partial charge >= 0.3 is 0 Å². The maximum Gasteiger partial charge on any atom is 0.115 e. The summed E-state index contributed by atoms with van der Waals surface area (Å²) in [5.41, 5.74) is 1.31. The number of aromatic nitrogens is 2. The average molecular weight is 192 g/mol. The molecule has 1 heterocycles. The van der Waals surface area contributed by atoms with Crippen LogP contribution in [0.4, 0.5) is 0 Å². The molecule has 1 aromatic heterocycles. The first kappa shape index (κ1) is 11.2. The van der Waals surface area contributed by atoms with Gasteiger partial charge in [-0.25, -0.2) is 9.97 Å². The molecule has 78 valence electrons. The van der Waals surface area contributed by atoms with Crippen molar-refractivity contribution in [3.8, 4) is 0 Å². The van der Waals surface area contributed by atoms with E-state index < -0.39 is 0 Å². The zero-order chi connectivity index (χ0) is 10.2. The molecule has 0 spiro atoms. The number of nitrogens with zero attached hydrogens (tertiary/aromatic N) is 2. The topological polar surface area (TPSA) is 25.8 Å². The van der Waals surface area contributed by atoms with Gasteiger partial charge in [0.2, 0.25) is 0 Å². The van der Waals surface area contributed by atoms with Crippen LogP contribution < -0.4 is 0 Å². The number of unbranched alkanes of at least 4 members (excludes halogenated alkanes) is 1. The second-order valence-corrected chi connectivity index (χ2v) is 3.80. The number of hydrogen-bond acceptors (Lipinski definition) is 2. The van der Waals surface area contributed by atoms with Crippen LogP contribution in [0.2, 0.25) is 0 Å². The third-order valence-corrected chi connectivity index (χ3v) is 2.60. The lowest BCUT2D eigenvalue weighted by molar-refractivity contribution is 0.538. The average Bonchev–Trinajstić information content (AvgIpc) is 2.25. The maximum absolute atomic E-state index is 4.08. The van der Waals surface area contributed by atoms with E-state index >= 15 is 0 Å². The van der Waals surface area contributed by atoms with Crippen LogP contribution in [0, 0.1) is 0 Å². The van der Waals surface area contributed by atoms with E-state index in [0.29, 0.717) is 5.92 Å². The third-order valence-electron chi connectivity index (χ3n) is 2.60.